The maximum Gasteiger partial charge on any atom is 0.242 e. The molecule has 6 heteroatoms. The molecule has 0 N–H and O–H groups in total. The van der Waals surface area contributed by atoms with Crippen molar-refractivity contribution in [3.05, 3.63) is 54.5 Å². The summed E-state index contributed by atoms with van der Waals surface area (Å²) in [5.74, 6) is 0.527. The molecule has 1 aromatic heterocycles. The van der Waals surface area contributed by atoms with E-state index in [0.717, 1.165) is 13.1 Å². The summed E-state index contributed by atoms with van der Waals surface area (Å²) in [5.41, 5.74) is 1.18. The lowest BCUT2D eigenvalue weighted by Crippen LogP contribution is -2.51. The van der Waals surface area contributed by atoms with Gasteiger partial charge in [0.25, 0.3) is 0 Å². The first-order chi connectivity index (χ1) is 12.1. The molecule has 132 valence electrons. The number of amides is 2. The molecular weight excluding hydrogens is 318 g/mol. The standard InChI is InChI=1S/C19H23N3O3/c1-16(23)22(14-18-8-5-13-25-18)15-19(24)21-11-9-20(10-12-21)17-6-3-2-4-7-17/h2-8,13H,9-12,14-15H2,1H3. The minimum absolute atomic E-state index is 0.0190. The molecule has 2 heterocycles. The number of nitrogens with zero attached hydrogens (tertiary/aromatic N) is 3. The predicted molar refractivity (Wildman–Crippen MR) is 95.0 cm³/mol. The molecule has 1 fully saturated rings. The lowest BCUT2D eigenvalue weighted by molar-refractivity contribution is -0.140. The van der Waals surface area contributed by atoms with Crippen molar-refractivity contribution < 1.29 is 14.0 Å². The number of carbonyl (C=O) groups is 2. The predicted octanol–water partition coefficient (Wildman–Crippen LogP) is 1.98. The third kappa shape index (κ3) is 4.41. The van der Waals surface area contributed by atoms with Crippen LogP contribution in [0.4, 0.5) is 5.69 Å². The van der Waals surface area contributed by atoms with E-state index in [2.05, 4.69) is 17.0 Å². The van der Waals surface area contributed by atoms with Crippen molar-refractivity contribution in [1.29, 1.82) is 0 Å². The smallest absolute Gasteiger partial charge is 0.242 e. The SMILES string of the molecule is CC(=O)N(CC(=O)N1CCN(c2ccccc2)CC1)Cc1ccco1. The maximum absolute atomic E-state index is 12.6. The van der Waals surface area contributed by atoms with Gasteiger partial charge in [0.05, 0.1) is 12.8 Å². The Kier molecular flexibility index (Phi) is 5.38. The molecule has 0 bridgehead atoms. The number of carbonyl (C=O) groups excluding carboxylic acids is 2. The van der Waals surface area contributed by atoms with Gasteiger partial charge in [0.1, 0.15) is 12.3 Å². The van der Waals surface area contributed by atoms with Crippen molar-refractivity contribution in [2.45, 2.75) is 13.5 Å². The van der Waals surface area contributed by atoms with Crippen LogP contribution in [-0.2, 0) is 16.1 Å². The van der Waals surface area contributed by atoms with E-state index in [-0.39, 0.29) is 18.4 Å². The van der Waals surface area contributed by atoms with Gasteiger partial charge in [-0.3, -0.25) is 9.59 Å². The molecule has 1 aliphatic rings. The summed E-state index contributed by atoms with van der Waals surface area (Å²) in [6, 6.07) is 13.8. The van der Waals surface area contributed by atoms with Gasteiger partial charge in [-0.15, -0.1) is 0 Å². The third-order valence-electron chi connectivity index (χ3n) is 4.45. The molecule has 3 rings (SSSR count). The van der Waals surface area contributed by atoms with Crippen molar-refractivity contribution in [2.24, 2.45) is 0 Å². The number of hydrogen-bond acceptors (Lipinski definition) is 4. The summed E-state index contributed by atoms with van der Waals surface area (Å²) in [5, 5.41) is 0. The van der Waals surface area contributed by atoms with Gasteiger partial charge in [0, 0.05) is 38.8 Å². The molecule has 0 aliphatic carbocycles. The van der Waals surface area contributed by atoms with Crippen LogP contribution >= 0.6 is 0 Å². The Bertz CT molecular complexity index is 692. The lowest BCUT2D eigenvalue weighted by Gasteiger charge is -2.37. The molecule has 0 radical (unpaired) electrons. The van der Waals surface area contributed by atoms with Crippen LogP contribution in [-0.4, -0.2) is 54.3 Å². The van der Waals surface area contributed by atoms with Gasteiger partial charge in [-0.25, -0.2) is 0 Å². The number of piperazine rings is 1. The summed E-state index contributed by atoms with van der Waals surface area (Å²) in [6.45, 7) is 4.81. The highest BCUT2D eigenvalue weighted by molar-refractivity contribution is 5.84. The average molecular weight is 341 g/mol. The van der Waals surface area contributed by atoms with E-state index >= 15 is 0 Å². The highest BCUT2D eigenvalue weighted by Crippen LogP contribution is 2.16. The zero-order chi connectivity index (χ0) is 17.6. The molecule has 0 spiro atoms. The summed E-state index contributed by atoms with van der Waals surface area (Å²) < 4.78 is 5.28. The van der Waals surface area contributed by atoms with Crippen LogP contribution in [0.5, 0.6) is 0 Å². The van der Waals surface area contributed by atoms with E-state index in [1.807, 2.05) is 23.1 Å². The van der Waals surface area contributed by atoms with Gasteiger partial charge in [0.2, 0.25) is 11.8 Å². The summed E-state index contributed by atoms with van der Waals surface area (Å²) in [7, 11) is 0. The Hall–Kier alpha value is -2.76. The molecule has 1 saturated heterocycles. The van der Waals surface area contributed by atoms with Crippen molar-refractivity contribution in [1.82, 2.24) is 9.80 Å². The van der Waals surface area contributed by atoms with Gasteiger partial charge < -0.3 is 19.1 Å². The quantitative estimate of drug-likeness (QED) is 0.834. The number of rotatable bonds is 5. The van der Waals surface area contributed by atoms with E-state index in [0.29, 0.717) is 25.4 Å². The Morgan fingerprint density at radius 3 is 2.36 bits per heavy atom. The van der Waals surface area contributed by atoms with Crippen molar-refractivity contribution in [3.63, 3.8) is 0 Å². The molecule has 0 atom stereocenters. The normalized spacial score (nSPS) is 14.4. The fourth-order valence-electron chi connectivity index (χ4n) is 2.99. The van der Waals surface area contributed by atoms with Crippen LogP contribution in [0.2, 0.25) is 0 Å². The van der Waals surface area contributed by atoms with Crippen LogP contribution < -0.4 is 4.90 Å². The Balaban J connectivity index is 1.53. The monoisotopic (exact) mass is 341 g/mol. The third-order valence-corrected chi connectivity index (χ3v) is 4.45. The molecule has 2 amide bonds. The largest absolute Gasteiger partial charge is 0.467 e. The van der Waals surface area contributed by atoms with Gasteiger partial charge in [-0.2, -0.15) is 0 Å². The fourth-order valence-corrected chi connectivity index (χ4v) is 2.99. The second-order valence-electron chi connectivity index (χ2n) is 6.16. The van der Waals surface area contributed by atoms with Crippen LogP contribution in [0.3, 0.4) is 0 Å². The summed E-state index contributed by atoms with van der Waals surface area (Å²) in [6.07, 6.45) is 1.57. The second kappa shape index (κ2) is 7.88. The van der Waals surface area contributed by atoms with Crippen molar-refractivity contribution in [2.75, 3.05) is 37.6 Å². The Morgan fingerprint density at radius 1 is 1.04 bits per heavy atom. The summed E-state index contributed by atoms with van der Waals surface area (Å²) >= 11 is 0. The van der Waals surface area contributed by atoms with E-state index in [4.69, 9.17) is 4.42 Å². The number of furan rings is 1. The molecule has 1 aliphatic heterocycles. The van der Waals surface area contributed by atoms with Gasteiger partial charge in [-0.05, 0) is 24.3 Å². The minimum Gasteiger partial charge on any atom is -0.467 e. The average Bonchev–Trinajstić information content (AvgIpc) is 3.15. The highest BCUT2D eigenvalue weighted by Gasteiger charge is 2.24. The number of hydrogen-bond donors (Lipinski definition) is 0. The van der Waals surface area contributed by atoms with Crippen LogP contribution in [0, 0.1) is 0 Å². The van der Waals surface area contributed by atoms with E-state index < -0.39 is 0 Å². The first-order valence-electron chi connectivity index (χ1n) is 8.49. The number of anilines is 1. The molecule has 1 aromatic carbocycles. The molecule has 2 aromatic rings. The first-order valence-corrected chi connectivity index (χ1v) is 8.49. The van der Waals surface area contributed by atoms with Gasteiger partial charge in [0.15, 0.2) is 0 Å². The van der Waals surface area contributed by atoms with Gasteiger partial charge >= 0.3 is 0 Å². The maximum atomic E-state index is 12.6. The first kappa shape index (κ1) is 17.1. The summed E-state index contributed by atoms with van der Waals surface area (Å²) in [4.78, 5) is 30.0. The molecular formula is C19H23N3O3. The lowest BCUT2D eigenvalue weighted by atomic mass is 10.2. The van der Waals surface area contributed by atoms with E-state index in [9.17, 15) is 9.59 Å². The van der Waals surface area contributed by atoms with Crippen LogP contribution in [0.15, 0.2) is 53.1 Å². The van der Waals surface area contributed by atoms with E-state index in [1.165, 1.54) is 17.5 Å². The topological polar surface area (TPSA) is 57.0 Å². The molecule has 0 unspecified atom stereocenters. The fraction of sp³-hybridized carbons (Fsp3) is 0.368. The zero-order valence-corrected chi connectivity index (χ0v) is 14.4. The van der Waals surface area contributed by atoms with Crippen LogP contribution in [0.1, 0.15) is 12.7 Å². The Morgan fingerprint density at radius 2 is 1.76 bits per heavy atom. The Labute approximate surface area is 147 Å². The molecule has 0 saturated carbocycles. The van der Waals surface area contributed by atoms with Crippen molar-refractivity contribution >= 4 is 17.5 Å². The van der Waals surface area contributed by atoms with E-state index in [1.54, 1.807) is 18.4 Å². The zero-order valence-electron chi connectivity index (χ0n) is 14.4. The molecule has 25 heavy (non-hydrogen) atoms. The highest BCUT2D eigenvalue weighted by atomic mass is 16.3. The number of benzene rings is 1. The van der Waals surface area contributed by atoms with Crippen molar-refractivity contribution in [3.8, 4) is 0 Å². The number of para-hydroxylation sites is 1. The van der Waals surface area contributed by atoms with Crippen LogP contribution in [0.25, 0.3) is 0 Å². The van der Waals surface area contributed by atoms with Gasteiger partial charge in [-0.1, -0.05) is 18.2 Å². The molecule has 6 nitrogen and oxygen atoms in total. The minimum atomic E-state index is -0.132. The second-order valence-corrected chi connectivity index (χ2v) is 6.16.